The van der Waals surface area contributed by atoms with Gasteiger partial charge in [-0.2, -0.15) is 0 Å². The van der Waals surface area contributed by atoms with Gasteiger partial charge >= 0.3 is 0 Å². The molecule has 11 heteroatoms. The topological polar surface area (TPSA) is 99.7 Å². The van der Waals surface area contributed by atoms with E-state index >= 15 is 0 Å². The number of carbonyl (C=O) groups excluding carboxylic acids is 2. The van der Waals surface area contributed by atoms with Crippen LogP contribution >= 0.6 is 11.3 Å². The van der Waals surface area contributed by atoms with Crippen molar-refractivity contribution >= 4 is 28.8 Å². The Kier molecular flexibility index (Phi) is 8.83. The normalized spacial score (nSPS) is 15.0. The maximum absolute atomic E-state index is 13.2. The molecule has 0 unspecified atom stereocenters. The first-order chi connectivity index (χ1) is 15.0. The smallest absolute Gasteiger partial charge is 0.286 e. The van der Waals surface area contributed by atoms with Gasteiger partial charge in [0, 0.05) is 38.4 Å². The number of anilines is 1. The molecular weight excluding hydrogens is 423 g/mol. The summed E-state index contributed by atoms with van der Waals surface area (Å²) in [6.45, 7) is 5.88. The molecule has 0 saturated carbocycles. The van der Waals surface area contributed by atoms with Gasteiger partial charge in [0.25, 0.3) is 5.91 Å². The number of nitrogens with one attached hydrogen (secondary N) is 2. The second-order valence-corrected chi connectivity index (χ2v) is 8.37. The number of hydrogen-bond donors (Lipinski definition) is 2. The van der Waals surface area contributed by atoms with Crippen molar-refractivity contribution in [3.8, 4) is 0 Å². The number of piperazine rings is 1. The van der Waals surface area contributed by atoms with E-state index in [2.05, 4.69) is 37.7 Å². The highest BCUT2D eigenvalue weighted by Crippen LogP contribution is 2.15. The van der Waals surface area contributed by atoms with E-state index < -0.39 is 11.7 Å². The molecule has 0 aliphatic carbocycles. The van der Waals surface area contributed by atoms with Gasteiger partial charge in [0.1, 0.15) is 24.0 Å². The minimum atomic E-state index is -0.479. The molecular formula is C20H27FN6O3S. The molecule has 2 amide bonds. The molecule has 2 aromatic rings. The van der Waals surface area contributed by atoms with Crippen LogP contribution in [0.2, 0.25) is 0 Å². The van der Waals surface area contributed by atoms with Crippen LogP contribution < -0.4 is 10.6 Å². The average Bonchev–Trinajstić information content (AvgIpc) is 3.22. The third-order valence-electron chi connectivity index (χ3n) is 4.77. The predicted octanol–water partition coefficient (Wildman–Crippen LogP) is 1.20. The molecule has 3 rings (SSSR count). The fourth-order valence-electron chi connectivity index (χ4n) is 3.04. The van der Waals surface area contributed by atoms with Crippen molar-refractivity contribution in [2.75, 3.05) is 58.2 Å². The summed E-state index contributed by atoms with van der Waals surface area (Å²) in [5.41, 5.74) is 0.335. The molecule has 0 radical (unpaired) electrons. The zero-order valence-electron chi connectivity index (χ0n) is 17.5. The van der Waals surface area contributed by atoms with Gasteiger partial charge in [-0.1, -0.05) is 17.4 Å². The Hall–Kier alpha value is -2.47. The second kappa shape index (κ2) is 11.8. The average molecular weight is 451 g/mol. The van der Waals surface area contributed by atoms with Gasteiger partial charge in [-0.15, -0.1) is 10.2 Å². The van der Waals surface area contributed by atoms with Crippen molar-refractivity contribution in [3.05, 3.63) is 40.1 Å². The van der Waals surface area contributed by atoms with E-state index in [-0.39, 0.29) is 24.1 Å². The monoisotopic (exact) mass is 450 g/mol. The lowest BCUT2D eigenvalue weighted by atomic mass is 10.3. The molecule has 1 aromatic heterocycles. The van der Waals surface area contributed by atoms with Crippen LogP contribution in [0.5, 0.6) is 0 Å². The van der Waals surface area contributed by atoms with E-state index in [1.807, 2.05) is 0 Å². The maximum atomic E-state index is 13.2. The first-order valence-corrected chi connectivity index (χ1v) is 11.0. The van der Waals surface area contributed by atoms with E-state index in [1.165, 1.54) is 18.2 Å². The van der Waals surface area contributed by atoms with Crippen LogP contribution in [0.4, 0.5) is 10.1 Å². The highest BCUT2D eigenvalue weighted by atomic mass is 32.1. The lowest BCUT2D eigenvalue weighted by Gasteiger charge is -2.32. The molecule has 1 fully saturated rings. The summed E-state index contributed by atoms with van der Waals surface area (Å²) in [6, 6.07) is 5.59. The number of nitrogens with zero attached hydrogens (tertiary/aromatic N) is 4. The van der Waals surface area contributed by atoms with Crippen molar-refractivity contribution in [1.29, 1.82) is 0 Å². The van der Waals surface area contributed by atoms with Gasteiger partial charge in [0.05, 0.1) is 0 Å². The number of hydrogen-bond acceptors (Lipinski definition) is 8. The second-order valence-electron chi connectivity index (χ2n) is 7.31. The van der Waals surface area contributed by atoms with E-state index in [0.29, 0.717) is 17.2 Å². The standard InChI is InChI=1S/C20H27FN6O3S/c1-26-8-10-27(11-9-26)7-3-6-22-17(28)13-30-14-18-24-25-20(31-18)19(29)23-16-5-2-4-15(21)12-16/h2,4-5,12H,3,6-11,13-14H2,1H3,(H,22,28)(H,23,29). The largest absolute Gasteiger partial charge is 0.364 e. The summed E-state index contributed by atoms with van der Waals surface area (Å²) in [5.74, 6) is -1.11. The van der Waals surface area contributed by atoms with Crippen LogP contribution in [0.15, 0.2) is 24.3 Å². The highest BCUT2D eigenvalue weighted by Gasteiger charge is 2.15. The van der Waals surface area contributed by atoms with Crippen LogP contribution in [0.3, 0.4) is 0 Å². The van der Waals surface area contributed by atoms with Crippen molar-refractivity contribution in [2.24, 2.45) is 0 Å². The minimum Gasteiger partial charge on any atom is -0.364 e. The predicted molar refractivity (Wildman–Crippen MR) is 115 cm³/mol. The number of amides is 2. The Morgan fingerprint density at radius 1 is 1.23 bits per heavy atom. The molecule has 0 spiro atoms. The molecule has 0 bridgehead atoms. The number of ether oxygens (including phenoxy) is 1. The van der Waals surface area contributed by atoms with Crippen LogP contribution in [0.25, 0.3) is 0 Å². The zero-order chi connectivity index (χ0) is 22.1. The lowest BCUT2D eigenvalue weighted by molar-refractivity contribution is -0.126. The van der Waals surface area contributed by atoms with Gasteiger partial charge in [0.15, 0.2) is 0 Å². The first kappa shape index (κ1) is 23.2. The third kappa shape index (κ3) is 7.94. The minimum absolute atomic E-state index is 0.0830. The molecule has 31 heavy (non-hydrogen) atoms. The summed E-state index contributed by atoms with van der Waals surface area (Å²) in [5, 5.41) is 13.7. The molecule has 1 saturated heterocycles. The lowest BCUT2D eigenvalue weighted by Crippen LogP contribution is -2.45. The summed E-state index contributed by atoms with van der Waals surface area (Å²) < 4.78 is 18.6. The number of rotatable bonds is 10. The number of likely N-dealkylation sites (N-methyl/N-ethyl adjacent to an activating group) is 1. The van der Waals surface area contributed by atoms with Gasteiger partial charge in [-0.25, -0.2) is 4.39 Å². The Morgan fingerprint density at radius 2 is 2.03 bits per heavy atom. The van der Waals surface area contributed by atoms with Crippen LogP contribution in [-0.2, 0) is 16.1 Å². The summed E-state index contributed by atoms with van der Waals surface area (Å²) in [6.07, 6.45) is 0.898. The summed E-state index contributed by atoms with van der Waals surface area (Å²) in [7, 11) is 2.13. The Bertz CT molecular complexity index is 872. The fraction of sp³-hybridized carbons (Fsp3) is 0.500. The van der Waals surface area contributed by atoms with E-state index in [0.717, 1.165) is 50.5 Å². The number of aromatic nitrogens is 2. The van der Waals surface area contributed by atoms with Crippen molar-refractivity contribution < 1.29 is 18.7 Å². The molecule has 1 aromatic carbocycles. The van der Waals surface area contributed by atoms with Crippen LogP contribution in [-0.4, -0.2) is 84.7 Å². The molecule has 1 aliphatic heterocycles. The molecule has 9 nitrogen and oxygen atoms in total. The van der Waals surface area contributed by atoms with Crippen molar-refractivity contribution in [2.45, 2.75) is 13.0 Å². The fourth-order valence-corrected chi connectivity index (χ4v) is 3.71. The van der Waals surface area contributed by atoms with E-state index in [1.54, 1.807) is 6.07 Å². The van der Waals surface area contributed by atoms with Gasteiger partial charge in [-0.3, -0.25) is 9.59 Å². The Balaban J connectivity index is 1.29. The van der Waals surface area contributed by atoms with Gasteiger partial charge < -0.3 is 25.2 Å². The van der Waals surface area contributed by atoms with Gasteiger partial charge in [-0.05, 0) is 38.2 Å². The van der Waals surface area contributed by atoms with Crippen LogP contribution in [0, 0.1) is 5.82 Å². The molecule has 0 atom stereocenters. The molecule has 2 N–H and O–H groups in total. The van der Waals surface area contributed by atoms with Crippen LogP contribution in [0.1, 0.15) is 21.2 Å². The first-order valence-electron chi connectivity index (χ1n) is 10.1. The number of halogens is 1. The molecule has 168 valence electrons. The zero-order valence-corrected chi connectivity index (χ0v) is 18.3. The molecule has 1 aliphatic rings. The third-order valence-corrected chi connectivity index (χ3v) is 5.67. The quantitative estimate of drug-likeness (QED) is 0.525. The SMILES string of the molecule is CN1CCN(CCCNC(=O)COCc2nnc(C(=O)Nc3cccc(F)c3)s2)CC1. The summed E-state index contributed by atoms with van der Waals surface area (Å²) in [4.78, 5) is 28.8. The van der Waals surface area contributed by atoms with Gasteiger partial charge in [0.2, 0.25) is 10.9 Å². The number of benzene rings is 1. The maximum Gasteiger partial charge on any atom is 0.286 e. The van der Waals surface area contributed by atoms with Crippen molar-refractivity contribution in [1.82, 2.24) is 25.3 Å². The number of carbonyl (C=O) groups is 2. The molecule has 2 heterocycles. The Morgan fingerprint density at radius 3 is 2.81 bits per heavy atom. The highest BCUT2D eigenvalue weighted by molar-refractivity contribution is 7.13. The van der Waals surface area contributed by atoms with E-state index in [4.69, 9.17) is 4.74 Å². The Labute approximate surface area is 184 Å². The summed E-state index contributed by atoms with van der Waals surface area (Å²) >= 11 is 1.06. The van der Waals surface area contributed by atoms with Crippen molar-refractivity contribution in [3.63, 3.8) is 0 Å². The van der Waals surface area contributed by atoms with E-state index in [9.17, 15) is 14.0 Å².